The first-order valence-corrected chi connectivity index (χ1v) is 7.46. The van der Waals surface area contributed by atoms with Crippen LogP contribution in [0.1, 0.15) is 38.0 Å². The van der Waals surface area contributed by atoms with E-state index in [2.05, 4.69) is 11.9 Å². The Hall–Kier alpha value is -1.48. The van der Waals surface area contributed by atoms with Crippen LogP contribution in [0.4, 0.5) is 5.82 Å². The summed E-state index contributed by atoms with van der Waals surface area (Å²) in [6, 6.07) is 0. The van der Waals surface area contributed by atoms with Crippen LogP contribution in [0.15, 0.2) is 11.0 Å². The highest BCUT2D eigenvalue weighted by atomic mass is 16.5. The molecule has 4 N–H and O–H groups in total. The van der Waals surface area contributed by atoms with Crippen LogP contribution < -0.4 is 11.4 Å². The third kappa shape index (κ3) is 3.83. The van der Waals surface area contributed by atoms with E-state index < -0.39 is 24.1 Å². The van der Waals surface area contributed by atoms with Gasteiger partial charge < -0.3 is 25.4 Å². The molecule has 0 aliphatic carbocycles. The molecule has 0 spiro atoms. The molecule has 0 saturated carbocycles. The van der Waals surface area contributed by atoms with Crippen molar-refractivity contribution in [1.29, 1.82) is 0 Å². The smallest absolute Gasteiger partial charge is 0.351 e. The Morgan fingerprint density at radius 1 is 1.59 bits per heavy atom. The molecular weight excluding hydrogens is 290 g/mol. The van der Waals surface area contributed by atoms with Crippen LogP contribution in [-0.2, 0) is 16.1 Å². The number of hydrogen-bond acceptors (Lipinski definition) is 7. The maximum atomic E-state index is 12.0. The van der Waals surface area contributed by atoms with Crippen molar-refractivity contribution < 1.29 is 19.7 Å². The molecule has 0 bridgehead atoms. The summed E-state index contributed by atoms with van der Waals surface area (Å²) in [6.45, 7) is 2.64. The van der Waals surface area contributed by atoms with Crippen molar-refractivity contribution in [3.05, 3.63) is 22.2 Å². The summed E-state index contributed by atoms with van der Waals surface area (Å²) in [6.07, 6.45) is 1.57. The summed E-state index contributed by atoms with van der Waals surface area (Å²) in [4.78, 5) is 15.7. The van der Waals surface area contributed by atoms with E-state index in [1.54, 1.807) is 6.20 Å². The molecule has 0 amide bonds. The number of rotatable bonds is 7. The number of unbranched alkanes of at least 4 members (excludes halogenated alkanes) is 1. The summed E-state index contributed by atoms with van der Waals surface area (Å²) < 4.78 is 12.3. The quantitative estimate of drug-likeness (QED) is 0.595. The minimum absolute atomic E-state index is 0.134. The predicted molar refractivity (Wildman–Crippen MR) is 79.1 cm³/mol. The van der Waals surface area contributed by atoms with Crippen LogP contribution in [0.2, 0.25) is 0 Å². The van der Waals surface area contributed by atoms with E-state index in [-0.39, 0.29) is 25.5 Å². The summed E-state index contributed by atoms with van der Waals surface area (Å²) >= 11 is 0. The SMILES string of the molecule is CCCCOCc1cn([C@H]2CC(O)[C@@H](CO)O2)c(=O)nc1N. The minimum Gasteiger partial charge on any atom is -0.394 e. The molecule has 8 nitrogen and oxygen atoms in total. The van der Waals surface area contributed by atoms with Crippen molar-refractivity contribution in [2.75, 3.05) is 18.9 Å². The lowest BCUT2D eigenvalue weighted by molar-refractivity contribution is -0.0460. The van der Waals surface area contributed by atoms with Gasteiger partial charge in [0.25, 0.3) is 0 Å². The first-order valence-electron chi connectivity index (χ1n) is 7.46. The van der Waals surface area contributed by atoms with Gasteiger partial charge in [0.2, 0.25) is 0 Å². The number of aliphatic hydroxyl groups is 2. The molecule has 1 aromatic rings. The molecule has 1 aliphatic rings. The van der Waals surface area contributed by atoms with Crippen molar-refractivity contribution in [2.45, 2.75) is 51.2 Å². The zero-order valence-corrected chi connectivity index (χ0v) is 12.6. The van der Waals surface area contributed by atoms with E-state index in [9.17, 15) is 9.90 Å². The molecule has 124 valence electrons. The molecule has 3 atom stereocenters. The van der Waals surface area contributed by atoms with Gasteiger partial charge in [-0.2, -0.15) is 4.98 Å². The normalized spacial score (nSPS) is 24.8. The molecule has 1 saturated heterocycles. The fraction of sp³-hybridized carbons (Fsp3) is 0.714. The zero-order chi connectivity index (χ0) is 16.1. The van der Waals surface area contributed by atoms with Crippen LogP contribution in [0.5, 0.6) is 0 Å². The van der Waals surface area contributed by atoms with Crippen LogP contribution in [0.25, 0.3) is 0 Å². The van der Waals surface area contributed by atoms with Gasteiger partial charge in [0.1, 0.15) is 18.1 Å². The van der Waals surface area contributed by atoms with Crippen molar-refractivity contribution in [3.63, 3.8) is 0 Å². The fourth-order valence-corrected chi connectivity index (χ4v) is 2.32. The third-order valence-electron chi connectivity index (χ3n) is 3.66. The second kappa shape index (κ2) is 7.68. The van der Waals surface area contributed by atoms with E-state index >= 15 is 0 Å². The van der Waals surface area contributed by atoms with E-state index in [0.29, 0.717) is 12.2 Å². The molecule has 8 heteroatoms. The Bertz CT molecular complexity index is 548. The fourth-order valence-electron chi connectivity index (χ4n) is 2.32. The Morgan fingerprint density at radius 3 is 3.00 bits per heavy atom. The Balaban J connectivity index is 2.13. The van der Waals surface area contributed by atoms with Crippen LogP contribution in [0, 0.1) is 0 Å². The van der Waals surface area contributed by atoms with Gasteiger partial charge in [-0.05, 0) is 6.42 Å². The van der Waals surface area contributed by atoms with Gasteiger partial charge in [-0.15, -0.1) is 0 Å². The van der Waals surface area contributed by atoms with Crippen molar-refractivity contribution in [3.8, 4) is 0 Å². The lowest BCUT2D eigenvalue weighted by atomic mass is 10.2. The van der Waals surface area contributed by atoms with E-state index in [0.717, 1.165) is 12.8 Å². The van der Waals surface area contributed by atoms with Gasteiger partial charge in [0.05, 0.1) is 19.3 Å². The molecule has 0 aromatic carbocycles. The van der Waals surface area contributed by atoms with Gasteiger partial charge >= 0.3 is 5.69 Å². The Labute approximate surface area is 128 Å². The molecule has 22 heavy (non-hydrogen) atoms. The highest BCUT2D eigenvalue weighted by molar-refractivity contribution is 5.36. The Kier molecular flexibility index (Phi) is 5.90. The lowest BCUT2D eigenvalue weighted by Crippen LogP contribution is -2.29. The summed E-state index contributed by atoms with van der Waals surface area (Å²) in [5.41, 5.74) is 5.80. The van der Waals surface area contributed by atoms with Crippen LogP contribution in [-0.4, -0.2) is 45.2 Å². The first kappa shape index (κ1) is 16.9. The molecule has 2 heterocycles. The summed E-state index contributed by atoms with van der Waals surface area (Å²) in [5.74, 6) is 0.134. The monoisotopic (exact) mass is 313 g/mol. The van der Waals surface area contributed by atoms with Crippen molar-refractivity contribution in [2.24, 2.45) is 0 Å². The number of nitrogens with two attached hydrogens (primary N) is 1. The number of aromatic nitrogens is 2. The van der Waals surface area contributed by atoms with Crippen LogP contribution >= 0.6 is 0 Å². The van der Waals surface area contributed by atoms with Gasteiger partial charge in [0.15, 0.2) is 0 Å². The average Bonchev–Trinajstić information content (AvgIpc) is 2.86. The molecule has 1 aromatic heterocycles. The van der Waals surface area contributed by atoms with Gasteiger partial charge in [0, 0.05) is 24.8 Å². The highest BCUT2D eigenvalue weighted by Crippen LogP contribution is 2.27. The van der Waals surface area contributed by atoms with E-state index in [1.165, 1.54) is 4.57 Å². The number of anilines is 1. The molecule has 2 rings (SSSR count). The standard InChI is InChI=1S/C14H23N3O5/c1-2-3-4-21-8-9-6-17(14(20)16-13(9)15)12-5-10(19)11(7-18)22-12/h6,10-12,18-19H,2-5,7-8H2,1H3,(H2,15,16,20)/t10?,11-,12-/m1/s1. The van der Waals surface area contributed by atoms with Crippen LogP contribution in [0.3, 0.4) is 0 Å². The highest BCUT2D eigenvalue weighted by Gasteiger charge is 2.35. The number of nitrogens with zero attached hydrogens (tertiary/aromatic N) is 2. The topological polar surface area (TPSA) is 120 Å². The van der Waals surface area contributed by atoms with Gasteiger partial charge in [-0.1, -0.05) is 13.3 Å². The largest absolute Gasteiger partial charge is 0.394 e. The second-order valence-electron chi connectivity index (χ2n) is 5.36. The van der Waals surface area contributed by atoms with E-state index in [4.69, 9.17) is 20.3 Å². The number of ether oxygens (including phenoxy) is 2. The minimum atomic E-state index is -0.816. The van der Waals surface area contributed by atoms with Gasteiger partial charge in [-0.3, -0.25) is 4.57 Å². The second-order valence-corrected chi connectivity index (χ2v) is 5.36. The Morgan fingerprint density at radius 2 is 2.36 bits per heavy atom. The number of aliphatic hydroxyl groups excluding tert-OH is 2. The molecule has 0 radical (unpaired) electrons. The predicted octanol–water partition coefficient (Wildman–Crippen LogP) is -0.217. The van der Waals surface area contributed by atoms with Crippen molar-refractivity contribution in [1.82, 2.24) is 9.55 Å². The maximum absolute atomic E-state index is 12.0. The molecule has 1 fully saturated rings. The van der Waals surface area contributed by atoms with Crippen molar-refractivity contribution >= 4 is 5.82 Å². The summed E-state index contributed by atoms with van der Waals surface area (Å²) in [5, 5.41) is 18.9. The zero-order valence-electron chi connectivity index (χ0n) is 12.6. The molecule has 1 aliphatic heterocycles. The third-order valence-corrected chi connectivity index (χ3v) is 3.66. The summed E-state index contributed by atoms with van der Waals surface area (Å²) in [7, 11) is 0. The molecule has 1 unspecified atom stereocenters. The maximum Gasteiger partial charge on any atom is 0.351 e. The first-order chi connectivity index (χ1) is 10.6. The number of hydrogen-bond donors (Lipinski definition) is 3. The molecular formula is C14H23N3O5. The number of nitrogen functional groups attached to an aromatic ring is 1. The van der Waals surface area contributed by atoms with Gasteiger partial charge in [-0.25, -0.2) is 4.79 Å². The van der Waals surface area contributed by atoms with E-state index in [1.807, 2.05) is 0 Å². The average molecular weight is 313 g/mol. The lowest BCUT2D eigenvalue weighted by Gasteiger charge is -2.16.